The number of nitrogens with one attached hydrogen (secondary N) is 1. The SMILES string of the molecule is CS(=O)(=O)c1cccc(CNC(=O)c2cc(N)cc3c2ccn3-c2ccc(F)cc2)c1. The van der Waals surface area contributed by atoms with Crippen LogP contribution in [0.4, 0.5) is 10.1 Å². The molecule has 4 rings (SSSR count). The summed E-state index contributed by atoms with van der Waals surface area (Å²) in [5.41, 5.74) is 8.99. The number of aromatic nitrogens is 1. The average Bonchev–Trinajstić information content (AvgIpc) is 3.15. The smallest absolute Gasteiger partial charge is 0.252 e. The van der Waals surface area contributed by atoms with Crippen LogP contribution in [0.2, 0.25) is 0 Å². The highest BCUT2D eigenvalue weighted by molar-refractivity contribution is 7.90. The normalized spacial score (nSPS) is 11.5. The predicted molar refractivity (Wildman–Crippen MR) is 118 cm³/mol. The molecule has 31 heavy (non-hydrogen) atoms. The van der Waals surface area contributed by atoms with Gasteiger partial charge < -0.3 is 15.6 Å². The summed E-state index contributed by atoms with van der Waals surface area (Å²) in [6.07, 6.45) is 2.93. The van der Waals surface area contributed by atoms with E-state index in [0.29, 0.717) is 22.2 Å². The molecule has 3 N–H and O–H groups in total. The predicted octanol–water partition coefficient (Wildman–Crippen LogP) is 3.69. The summed E-state index contributed by atoms with van der Waals surface area (Å²) in [5.74, 6) is -0.668. The maximum atomic E-state index is 13.3. The van der Waals surface area contributed by atoms with Gasteiger partial charge in [0.15, 0.2) is 9.84 Å². The van der Waals surface area contributed by atoms with E-state index >= 15 is 0 Å². The summed E-state index contributed by atoms with van der Waals surface area (Å²) in [6.45, 7) is 0.164. The van der Waals surface area contributed by atoms with Crippen molar-refractivity contribution in [2.75, 3.05) is 12.0 Å². The van der Waals surface area contributed by atoms with Crippen LogP contribution in [0.25, 0.3) is 16.6 Å². The van der Waals surface area contributed by atoms with E-state index in [0.717, 1.165) is 17.5 Å². The molecular weight excluding hydrogens is 417 g/mol. The number of fused-ring (bicyclic) bond motifs is 1. The standard InChI is InChI=1S/C23H20FN3O3S/c1-31(29,30)19-4-2-3-15(11-19)14-26-23(28)21-12-17(25)13-22-20(21)9-10-27(22)18-7-5-16(24)6-8-18/h2-13H,14,25H2,1H3,(H,26,28). The van der Waals surface area contributed by atoms with Crippen LogP contribution in [0.1, 0.15) is 15.9 Å². The fourth-order valence-electron chi connectivity index (χ4n) is 3.44. The Morgan fingerprint density at radius 3 is 2.52 bits per heavy atom. The molecule has 3 aromatic carbocycles. The topological polar surface area (TPSA) is 94.2 Å². The summed E-state index contributed by atoms with van der Waals surface area (Å²) in [4.78, 5) is 13.1. The lowest BCUT2D eigenvalue weighted by atomic mass is 10.1. The van der Waals surface area contributed by atoms with Gasteiger partial charge in [0.25, 0.3) is 5.91 Å². The maximum absolute atomic E-state index is 13.3. The molecule has 4 aromatic rings. The van der Waals surface area contributed by atoms with Gasteiger partial charge in [-0.1, -0.05) is 12.1 Å². The van der Waals surface area contributed by atoms with Gasteiger partial charge in [-0.2, -0.15) is 0 Å². The first-order valence-corrected chi connectivity index (χ1v) is 11.4. The van der Waals surface area contributed by atoms with E-state index < -0.39 is 9.84 Å². The van der Waals surface area contributed by atoms with Gasteiger partial charge in [-0.15, -0.1) is 0 Å². The number of benzene rings is 3. The number of halogens is 1. The van der Waals surface area contributed by atoms with E-state index in [-0.39, 0.29) is 23.2 Å². The van der Waals surface area contributed by atoms with Gasteiger partial charge in [0.05, 0.1) is 16.0 Å². The van der Waals surface area contributed by atoms with E-state index in [1.165, 1.54) is 24.3 Å². The number of nitrogens with zero attached hydrogens (tertiary/aromatic N) is 1. The fourth-order valence-corrected chi connectivity index (χ4v) is 4.13. The van der Waals surface area contributed by atoms with Crippen molar-refractivity contribution in [2.24, 2.45) is 0 Å². The third-order valence-electron chi connectivity index (χ3n) is 4.96. The molecule has 1 aromatic heterocycles. The molecule has 8 heteroatoms. The number of nitrogen functional groups attached to an aromatic ring is 1. The summed E-state index contributed by atoms with van der Waals surface area (Å²) in [7, 11) is -3.33. The zero-order chi connectivity index (χ0) is 22.2. The number of carbonyl (C=O) groups is 1. The number of amides is 1. The summed E-state index contributed by atoms with van der Waals surface area (Å²) in [5, 5.41) is 3.52. The first-order valence-electron chi connectivity index (χ1n) is 9.46. The molecule has 0 bridgehead atoms. The van der Waals surface area contributed by atoms with Crippen LogP contribution in [0.5, 0.6) is 0 Å². The van der Waals surface area contributed by atoms with Crippen molar-refractivity contribution in [2.45, 2.75) is 11.4 Å². The molecule has 0 saturated carbocycles. The van der Waals surface area contributed by atoms with Crippen LogP contribution in [-0.2, 0) is 16.4 Å². The van der Waals surface area contributed by atoms with E-state index in [4.69, 9.17) is 5.73 Å². The van der Waals surface area contributed by atoms with Crippen molar-refractivity contribution >= 4 is 32.3 Å². The molecule has 1 amide bonds. The van der Waals surface area contributed by atoms with Crippen LogP contribution in [0, 0.1) is 5.82 Å². The van der Waals surface area contributed by atoms with Gasteiger partial charge in [-0.25, -0.2) is 12.8 Å². The van der Waals surface area contributed by atoms with Gasteiger partial charge in [-0.05, 0) is 60.2 Å². The minimum absolute atomic E-state index is 0.164. The summed E-state index contributed by atoms with van der Waals surface area (Å²) < 4.78 is 38.6. The molecule has 0 aliphatic heterocycles. The van der Waals surface area contributed by atoms with E-state index in [1.807, 2.05) is 4.57 Å². The van der Waals surface area contributed by atoms with Crippen LogP contribution in [0.15, 0.2) is 77.8 Å². The first-order chi connectivity index (χ1) is 14.7. The van der Waals surface area contributed by atoms with Crippen molar-refractivity contribution in [3.8, 4) is 5.69 Å². The molecule has 1 heterocycles. The van der Waals surface area contributed by atoms with Crippen LogP contribution < -0.4 is 11.1 Å². The molecule has 0 spiro atoms. The maximum Gasteiger partial charge on any atom is 0.252 e. The van der Waals surface area contributed by atoms with Crippen LogP contribution in [0.3, 0.4) is 0 Å². The average molecular weight is 437 g/mol. The number of nitrogens with two attached hydrogens (primary N) is 1. The van der Waals surface area contributed by atoms with Crippen LogP contribution in [-0.4, -0.2) is 25.1 Å². The quantitative estimate of drug-likeness (QED) is 0.466. The Hall–Kier alpha value is -3.65. The van der Waals surface area contributed by atoms with E-state index in [2.05, 4.69) is 5.32 Å². The van der Waals surface area contributed by atoms with Gasteiger partial charge in [-0.3, -0.25) is 4.79 Å². The van der Waals surface area contributed by atoms with E-state index in [1.54, 1.807) is 48.7 Å². The molecule has 0 unspecified atom stereocenters. The number of rotatable bonds is 5. The van der Waals surface area contributed by atoms with Crippen molar-refractivity contribution in [3.05, 3.63) is 89.9 Å². The van der Waals surface area contributed by atoms with Gasteiger partial charge >= 0.3 is 0 Å². The van der Waals surface area contributed by atoms with Crippen molar-refractivity contribution in [1.82, 2.24) is 9.88 Å². The Bertz CT molecular complexity index is 1390. The largest absolute Gasteiger partial charge is 0.399 e. The molecule has 0 radical (unpaired) electrons. The molecular formula is C23H20FN3O3S. The lowest BCUT2D eigenvalue weighted by molar-refractivity contribution is 0.0952. The number of anilines is 1. The summed E-state index contributed by atoms with van der Waals surface area (Å²) >= 11 is 0. The molecule has 158 valence electrons. The second-order valence-electron chi connectivity index (χ2n) is 7.27. The number of sulfone groups is 1. The van der Waals surface area contributed by atoms with Crippen molar-refractivity contribution < 1.29 is 17.6 Å². The molecule has 0 fully saturated rings. The Labute approximate surface area is 179 Å². The highest BCUT2D eigenvalue weighted by atomic mass is 32.2. The monoisotopic (exact) mass is 437 g/mol. The first kappa shape index (κ1) is 20.6. The Balaban J connectivity index is 1.64. The summed E-state index contributed by atoms with van der Waals surface area (Å²) in [6, 6.07) is 17.6. The molecule has 6 nitrogen and oxygen atoms in total. The lowest BCUT2D eigenvalue weighted by Gasteiger charge is -2.10. The third kappa shape index (κ3) is 4.29. The number of hydrogen-bond donors (Lipinski definition) is 2. The fraction of sp³-hybridized carbons (Fsp3) is 0.0870. The second kappa shape index (κ2) is 7.88. The number of hydrogen-bond acceptors (Lipinski definition) is 4. The Morgan fingerprint density at radius 2 is 1.81 bits per heavy atom. The van der Waals surface area contributed by atoms with Gasteiger partial charge in [0.1, 0.15) is 5.82 Å². The van der Waals surface area contributed by atoms with Crippen molar-refractivity contribution in [1.29, 1.82) is 0 Å². The van der Waals surface area contributed by atoms with Crippen LogP contribution >= 0.6 is 0 Å². The lowest BCUT2D eigenvalue weighted by Crippen LogP contribution is -2.23. The Morgan fingerprint density at radius 1 is 1.06 bits per heavy atom. The Kier molecular flexibility index (Phi) is 5.24. The molecule has 0 aliphatic rings. The zero-order valence-electron chi connectivity index (χ0n) is 16.7. The molecule has 0 aliphatic carbocycles. The zero-order valence-corrected chi connectivity index (χ0v) is 17.5. The van der Waals surface area contributed by atoms with Gasteiger partial charge in [0.2, 0.25) is 0 Å². The second-order valence-corrected chi connectivity index (χ2v) is 9.28. The molecule has 0 atom stereocenters. The van der Waals surface area contributed by atoms with E-state index in [9.17, 15) is 17.6 Å². The number of carbonyl (C=O) groups excluding carboxylic acids is 1. The third-order valence-corrected chi connectivity index (χ3v) is 6.07. The van der Waals surface area contributed by atoms with Gasteiger partial charge in [0, 0.05) is 35.8 Å². The van der Waals surface area contributed by atoms with Crippen molar-refractivity contribution in [3.63, 3.8) is 0 Å². The minimum Gasteiger partial charge on any atom is -0.399 e. The highest BCUT2D eigenvalue weighted by Crippen LogP contribution is 2.27. The highest BCUT2D eigenvalue weighted by Gasteiger charge is 2.15. The minimum atomic E-state index is -3.33. The molecule has 0 saturated heterocycles.